The standard InChI is InChI=1S/C14H18N4O/c15-9-11-5-4-8-16-14(11)17-10-13(19)18-12-6-2-1-3-7-12/h4-5,8,12H,1-3,6-7,10H2,(H,16,17)(H,18,19). The monoisotopic (exact) mass is 258 g/mol. The molecule has 1 aromatic rings. The van der Waals surface area contributed by atoms with E-state index in [0.29, 0.717) is 17.4 Å². The predicted octanol–water partition coefficient (Wildman–Crippen LogP) is 1.81. The number of anilines is 1. The van der Waals surface area contributed by atoms with Crippen LogP contribution in [0.1, 0.15) is 37.7 Å². The molecule has 2 N–H and O–H groups in total. The summed E-state index contributed by atoms with van der Waals surface area (Å²) >= 11 is 0. The number of aromatic nitrogens is 1. The van der Waals surface area contributed by atoms with E-state index in [9.17, 15) is 4.79 Å². The highest BCUT2D eigenvalue weighted by atomic mass is 16.1. The maximum atomic E-state index is 11.8. The predicted molar refractivity (Wildman–Crippen MR) is 72.5 cm³/mol. The van der Waals surface area contributed by atoms with E-state index in [4.69, 9.17) is 5.26 Å². The van der Waals surface area contributed by atoms with Gasteiger partial charge in [0.25, 0.3) is 0 Å². The van der Waals surface area contributed by atoms with Gasteiger partial charge < -0.3 is 10.6 Å². The minimum Gasteiger partial charge on any atom is -0.360 e. The van der Waals surface area contributed by atoms with Gasteiger partial charge in [0, 0.05) is 12.2 Å². The van der Waals surface area contributed by atoms with Crippen LogP contribution in [0.15, 0.2) is 18.3 Å². The van der Waals surface area contributed by atoms with Crippen molar-refractivity contribution in [3.63, 3.8) is 0 Å². The zero-order valence-corrected chi connectivity index (χ0v) is 10.9. The van der Waals surface area contributed by atoms with Crippen LogP contribution in [0.3, 0.4) is 0 Å². The first-order chi connectivity index (χ1) is 9.29. The van der Waals surface area contributed by atoms with Crippen molar-refractivity contribution < 1.29 is 4.79 Å². The second-order valence-corrected chi connectivity index (χ2v) is 4.77. The van der Waals surface area contributed by atoms with E-state index in [-0.39, 0.29) is 12.5 Å². The molecule has 19 heavy (non-hydrogen) atoms. The molecule has 5 heteroatoms. The smallest absolute Gasteiger partial charge is 0.239 e. The van der Waals surface area contributed by atoms with Gasteiger partial charge in [-0.25, -0.2) is 4.98 Å². The highest BCUT2D eigenvalue weighted by Crippen LogP contribution is 2.17. The molecule has 1 aromatic heterocycles. The van der Waals surface area contributed by atoms with Crippen molar-refractivity contribution in [2.75, 3.05) is 11.9 Å². The van der Waals surface area contributed by atoms with E-state index >= 15 is 0 Å². The number of nitriles is 1. The lowest BCUT2D eigenvalue weighted by Gasteiger charge is -2.22. The fourth-order valence-corrected chi connectivity index (χ4v) is 2.33. The van der Waals surface area contributed by atoms with Gasteiger partial charge in [0.2, 0.25) is 5.91 Å². The quantitative estimate of drug-likeness (QED) is 0.863. The molecule has 0 radical (unpaired) electrons. The van der Waals surface area contributed by atoms with Crippen LogP contribution in [0.5, 0.6) is 0 Å². The molecule has 5 nitrogen and oxygen atoms in total. The molecule has 1 amide bonds. The summed E-state index contributed by atoms with van der Waals surface area (Å²) in [5.74, 6) is 0.422. The van der Waals surface area contributed by atoms with E-state index < -0.39 is 0 Å². The Kier molecular flexibility index (Phi) is 4.73. The summed E-state index contributed by atoms with van der Waals surface area (Å²) in [7, 11) is 0. The molecule has 100 valence electrons. The molecule has 0 aromatic carbocycles. The Labute approximate surface area is 113 Å². The average Bonchev–Trinajstić information content (AvgIpc) is 2.46. The Morgan fingerprint density at radius 3 is 2.95 bits per heavy atom. The number of hydrogen-bond donors (Lipinski definition) is 2. The molecule has 1 heterocycles. The lowest BCUT2D eigenvalue weighted by atomic mass is 9.95. The molecule has 1 aliphatic carbocycles. The minimum absolute atomic E-state index is 0.0403. The van der Waals surface area contributed by atoms with E-state index in [1.54, 1.807) is 18.3 Å². The van der Waals surface area contributed by atoms with Crippen LogP contribution in [0.2, 0.25) is 0 Å². The number of rotatable bonds is 4. The third-order valence-corrected chi connectivity index (χ3v) is 3.31. The van der Waals surface area contributed by atoms with Crippen molar-refractivity contribution in [3.8, 4) is 6.07 Å². The zero-order chi connectivity index (χ0) is 13.5. The fourth-order valence-electron chi connectivity index (χ4n) is 2.33. The number of pyridine rings is 1. The van der Waals surface area contributed by atoms with Crippen LogP contribution in [0.4, 0.5) is 5.82 Å². The summed E-state index contributed by atoms with van der Waals surface area (Å²) in [4.78, 5) is 15.9. The van der Waals surface area contributed by atoms with Gasteiger partial charge >= 0.3 is 0 Å². The van der Waals surface area contributed by atoms with Gasteiger partial charge in [-0.1, -0.05) is 19.3 Å². The Bertz CT molecular complexity index is 475. The summed E-state index contributed by atoms with van der Waals surface area (Å²) in [6, 6.07) is 5.73. The molecule has 0 bridgehead atoms. The molecular weight excluding hydrogens is 240 g/mol. The van der Waals surface area contributed by atoms with Crippen molar-refractivity contribution >= 4 is 11.7 Å². The topological polar surface area (TPSA) is 77.8 Å². The Balaban J connectivity index is 1.81. The first-order valence-corrected chi connectivity index (χ1v) is 6.68. The fraction of sp³-hybridized carbons (Fsp3) is 0.500. The molecule has 0 unspecified atom stereocenters. The average molecular weight is 258 g/mol. The molecular formula is C14H18N4O. The van der Waals surface area contributed by atoms with Crippen molar-refractivity contribution in [1.82, 2.24) is 10.3 Å². The van der Waals surface area contributed by atoms with Crippen molar-refractivity contribution in [1.29, 1.82) is 5.26 Å². The van der Waals surface area contributed by atoms with Crippen LogP contribution in [-0.2, 0) is 4.79 Å². The van der Waals surface area contributed by atoms with Gasteiger partial charge in [0.1, 0.15) is 11.9 Å². The van der Waals surface area contributed by atoms with E-state index in [2.05, 4.69) is 15.6 Å². The molecule has 0 aliphatic heterocycles. The van der Waals surface area contributed by atoms with Gasteiger partial charge in [-0.3, -0.25) is 4.79 Å². The maximum Gasteiger partial charge on any atom is 0.239 e. The molecule has 1 saturated carbocycles. The third-order valence-electron chi connectivity index (χ3n) is 3.31. The molecule has 2 rings (SSSR count). The molecule has 0 saturated heterocycles. The lowest BCUT2D eigenvalue weighted by Crippen LogP contribution is -2.39. The third kappa shape index (κ3) is 3.95. The Morgan fingerprint density at radius 2 is 2.21 bits per heavy atom. The molecule has 0 atom stereocenters. The van der Waals surface area contributed by atoms with Crippen molar-refractivity contribution in [2.24, 2.45) is 0 Å². The molecule has 0 spiro atoms. The van der Waals surface area contributed by atoms with Crippen molar-refractivity contribution in [2.45, 2.75) is 38.1 Å². The van der Waals surface area contributed by atoms with E-state index in [0.717, 1.165) is 12.8 Å². The van der Waals surface area contributed by atoms with Gasteiger partial charge in [-0.05, 0) is 25.0 Å². The van der Waals surface area contributed by atoms with Gasteiger partial charge in [0.15, 0.2) is 0 Å². The zero-order valence-electron chi connectivity index (χ0n) is 10.9. The van der Waals surface area contributed by atoms with Gasteiger partial charge in [0.05, 0.1) is 12.1 Å². The summed E-state index contributed by atoms with van der Waals surface area (Å²) in [6.45, 7) is 0.155. The van der Waals surface area contributed by atoms with Crippen LogP contribution < -0.4 is 10.6 Å². The number of carbonyl (C=O) groups excluding carboxylic acids is 1. The number of nitrogens with one attached hydrogen (secondary N) is 2. The van der Waals surface area contributed by atoms with E-state index in [1.165, 1.54) is 19.3 Å². The largest absolute Gasteiger partial charge is 0.360 e. The van der Waals surface area contributed by atoms with Crippen LogP contribution in [-0.4, -0.2) is 23.5 Å². The molecule has 1 fully saturated rings. The summed E-state index contributed by atoms with van der Waals surface area (Å²) < 4.78 is 0. The Hall–Kier alpha value is -2.09. The van der Waals surface area contributed by atoms with Gasteiger partial charge in [-0.2, -0.15) is 5.26 Å². The number of nitrogens with zero attached hydrogens (tertiary/aromatic N) is 2. The summed E-state index contributed by atoms with van der Waals surface area (Å²) in [5.41, 5.74) is 0.452. The van der Waals surface area contributed by atoms with Crippen LogP contribution in [0, 0.1) is 11.3 Å². The minimum atomic E-state index is -0.0403. The maximum absolute atomic E-state index is 11.8. The second kappa shape index (κ2) is 6.74. The van der Waals surface area contributed by atoms with E-state index in [1.807, 2.05) is 6.07 Å². The highest BCUT2D eigenvalue weighted by Gasteiger charge is 2.15. The number of hydrogen-bond acceptors (Lipinski definition) is 4. The second-order valence-electron chi connectivity index (χ2n) is 4.77. The summed E-state index contributed by atoms with van der Waals surface area (Å²) in [5, 5.41) is 14.8. The lowest BCUT2D eigenvalue weighted by molar-refractivity contribution is -0.120. The first-order valence-electron chi connectivity index (χ1n) is 6.68. The van der Waals surface area contributed by atoms with Crippen LogP contribution in [0.25, 0.3) is 0 Å². The number of amides is 1. The Morgan fingerprint density at radius 1 is 1.42 bits per heavy atom. The van der Waals surface area contributed by atoms with Gasteiger partial charge in [-0.15, -0.1) is 0 Å². The summed E-state index contributed by atoms with van der Waals surface area (Å²) in [6.07, 6.45) is 7.39. The first kappa shape index (κ1) is 13.3. The normalized spacial score (nSPS) is 15.5. The van der Waals surface area contributed by atoms with Crippen molar-refractivity contribution in [3.05, 3.63) is 23.9 Å². The highest BCUT2D eigenvalue weighted by molar-refractivity contribution is 5.81. The number of carbonyl (C=O) groups is 1. The SMILES string of the molecule is N#Cc1cccnc1NCC(=O)NC1CCCCC1. The molecule has 1 aliphatic rings. The van der Waals surface area contributed by atoms with Crippen LogP contribution >= 0.6 is 0 Å².